The van der Waals surface area contributed by atoms with Crippen molar-refractivity contribution >= 4 is 11.8 Å². The van der Waals surface area contributed by atoms with Crippen molar-refractivity contribution in [2.24, 2.45) is 5.92 Å². The van der Waals surface area contributed by atoms with Gasteiger partial charge in [0.25, 0.3) is 0 Å². The van der Waals surface area contributed by atoms with Crippen molar-refractivity contribution in [1.82, 2.24) is 5.32 Å². The Kier molecular flexibility index (Phi) is 7.61. The molecule has 14 heavy (non-hydrogen) atoms. The molecule has 1 saturated carbocycles. The maximum absolute atomic E-state index is 3.60. The lowest BCUT2D eigenvalue weighted by Crippen LogP contribution is -2.25. The first-order valence-electron chi connectivity index (χ1n) is 6.13. The lowest BCUT2D eigenvalue weighted by atomic mass is 9.89. The SMILES string of the molecule is CSCCCCNCC1CCCCC1. The summed E-state index contributed by atoms with van der Waals surface area (Å²) in [6.45, 7) is 2.51. The van der Waals surface area contributed by atoms with Gasteiger partial charge in [-0.3, -0.25) is 0 Å². The van der Waals surface area contributed by atoms with Crippen molar-refractivity contribution in [2.75, 3.05) is 25.1 Å². The van der Waals surface area contributed by atoms with Gasteiger partial charge in [-0.15, -0.1) is 0 Å². The summed E-state index contributed by atoms with van der Waals surface area (Å²) in [5.41, 5.74) is 0. The van der Waals surface area contributed by atoms with Crippen LogP contribution in [0.5, 0.6) is 0 Å². The van der Waals surface area contributed by atoms with Crippen LogP contribution in [0.3, 0.4) is 0 Å². The molecule has 0 saturated heterocycles. The summed E-state index contributed by atoms with van der Waals surface area (Å²) in [6.07, 6.45) is 12.3. The normalized spacial score (nSPS) is 18.6. The van der Waals surface area contributed by atoms with Gasteiger partial charge in [-0.2, -0.15) is 11.8 Å². The first kappa shape index (κ1) is 12.4. The highest BCUT2D eigenvalue weighted by Gasteiger charge is 2.11. The zero-order valence-corrected chi connectivity index (χ0v) is 10.4. The Morgan fingerprint density at radius 3 is 2.64 bits per heavy atom. The molecule has 0 aromatic heterocycles. The number of hydrogen-bond donors (Lipinski definition) is 1. The van der Waals surface area contributed by atoms with Crippen molar-refractivity contribution in [3.8, 4) is 0 Å². The Balaban J connectivity index is 1.82. The molecule has 0 unspecified atom stereocenters. The second-order valence-corrected chi connectivity index (χ2v) is 5.39. The van der Waals surface area contributed by atoms with Crippen molar-refractivity contribution in [3.05, 3.63) is 0 Å². The molecule has 0 aromatic carbocycles. The number of nitrogens with one attached hydrogen (secondary N) is 1. The van der Waals surface area contributed by atoms with Crippen LogP contribution in [-0.2, 0) is 0 Å². The monoisotopic (exact) mass is 215 g/mol. The lowest BCUT2D eigenvalue weighted by molar-refractivity contribution is 0.342. The molecular formula is C12H25NS. The third kappa shape index (κ3) is 5.92. The van der Waals surface area contributed by atoms with E-state index in [4.69, 9.17) is 0 Å². The van der Waals surface area contributed by atoms with Gasteiger partial charge in [-0.25, -0.2) is 0 Å². The number of thioether (sulfide) groups is 1. The number of unbranched alkanes of at least 4 members (excludes halogenated alkanes) is 1. The maximum atomic E-state index is 3.60. The predicted octanol–water partition coefficient (Wildman–Crippen LogP) is 3.30. The fourth-order valence-electron chi connectivity index (χ4n) is 2.19. The molecule has 0 aromatic rings. The van der Waals surface area contributed by atoms with Crippen LogP contribution in [-0.4, -0.2) is 25.1 Å². The van der Waals surface area contributed by atoms with E-state index in [1.807, 2.05) is 11.8 Å². The van der Waals surface area contributed by atoms with E-state index in [1.165, 1.54) is 63.8 Å². The van der Waals surface area contributed by atoms with E-state index in [9.17, 15) is 0 Å². The molecule has 1 nitrogen and oxygen atoms in total. The van der Waals surface area contributed by atoms with Gasteiger partial charge in [-0.05, 0) is 56.7 Å². The number of rotatable bonds is 7. The molecule has 2 heteroatoms. The van der Waals surface area contributed by atoms with Gasteiger partial charge in [0.15, 0.2) is 0 Å². The Bertz CT molecular complexity index is 121. The molecule has 1 rings (SSSR count). The van der Waals surface area contributed by atoms with Gasteiger partial charge < -0.3 is 5.32 Å². The fraction of sp³-hybridized carbons (Fsp3) is 1.00. The second kappa shape index (κ2) is 8.60. The van der Waals surface area contributed by atoms with Crippen LogP contribution >= 0.6 is 11.8 Å². The summed E-state index contributed by atoms with van der Waals surface area (Å²) in [4.78, 5) is 0. The molecule has 0 aliphatic heterocycles. The number of hydrogen-bond acceptors (Lipinski definition) is 2. The summed E-state index contributed by atoms with van der Waals surface area (Å²) in [7, 11) is 0. The van der Waals surface area contributed by atoms with E-state index in [0.717, 1.165) is 5.92 Å². The van der Waals surface area contributed by atoms with Crippen LogP contribution in [0.25, 0.3) is 0 Å². The topological polar surface area (TPSA) is 12.0 Å². The molecular weight excluding hydrogens is 190 g/mol. The van der Waals surface area contributed by atoms with Crippen LogP contribution in [0.4, 0.5) is 0 Å². The molecule has 0 atom stereocenters. The third-order valence-electron chi connectivity index (χ3n) is 3.11. The molecule has 0 spiro atoms. The molecule has 0 amide bonds. The van der Waals surface area contributed by atoms with Gasteiger partial charge >= 0.3 is 0 Å². The van der Waals surface area contributed by atoms with E-state index in [2.05, 4.69) is 11.6 Å². The van der Waals surface area contributed by atoms with Gasteiger partial charge in [0.1, 0.15) is 0 Å². The minimum Gasteiger partial charge on any atom is -0.316 e. The average molecular weight is 215 g/mol. The Hall–Kier alpha value is 0.310. The molecule has 1 N–H and O–H groups in total. The van der Waals surface area contributed by atoms with E-state index >= 15 is 0 Å². The van der Waals surface area contributed by atoms with E-state index < -0.39 is 0 Å². The standard InChI is InChI=1S/C12H25NS/c1-14-10-6-5-9-13-11-12-7-3-2-4-8-12/h12-13H,2-11H2,1H3. The Labute approximate surface area is 93.4 Å². The van der Waals surface area contributed by atoms with Crippen LogP contribution in [0.2, 0.25) is 0 Å². The summed E-state index contributed by atoms with van der Waals surface area (Å²) in [5.74, 6) is 2.31. The lowest BCUT2D eigenvalue weighted by Gasteiger charge is -2.21. The van der Waals surface area contributed by atoms with E-state index in [0.29, 0.717) is 0 Å². The quantitative estimate of drug-likeness (QED) is 0.654. The zero-order chi connectivity index (χ0) is 10.1. The molecule has 0 radical (unpaired) electrons. The van der Waals surface area contributed by atoms with Crippen LogP contribution in [0, 0.1) is 5.92 Å². The summed E-state index contributed by atoms with van der Waals surface area (Å²) in [5, 5.41) is 3.60. The summed E-state index contributed by atoms with van der Waals surface area (Å²) in [6, 6.07) is 0. The van der Waals surface area contributed by atoms with Crippen LogP contribution in [0.1, 0.15) is 44.9 Å². The third-order valence-corrected chi connectivity index (χ3v) is 3.81. The predicted molar refractivity (Wildman–Crippen MR) is 67.1 cm³/mol. The van der Waals surface area contributed by atoms with Gasteiger partial charge in [0.05, 0.1) is 0 Å². The van der Waals surface area contributed by atoms with Crippen molar-refractivity contribution in [3.63, 3.8) is 0 Å². The van der Waals surface area contributed by atoms with Gasteiger partial charge in [0.2, 0.25) is 0 Å². The van der Waals surface area contributed by atoms with Crippen LogP contribution < -0.4 is 5.32 Å². The molecule has 0 heterocycles. The average Bonchev–Trinajstić information content (AvgIpc) is 2.25. The molecule has 1 aliphatic carbocycles. The highest BCUT2D eigenvalue weighted by atomic mass is 32.2. The molecule has 84 valence electrons. The van der Waals surface area contributed by atoms with Gasteiger partial charge in [-0.1, -0.05) is 19.3 Å². The minimum absolute atomic E-state index is 0.990. The van der Waals surface area contributed by atoms with Gasteiger partial charge in [0, 0.05) is 0 Å². The minimum atomic E-state index is 0.990. The van der Waals surface area contributed by atoms with Crippen LogP contribution in [0.15, 0.2) is 0 Å². The van der Waals surface area contributed by atoms with Crippen molar-refractivity contribution < 1.29 is 0 Å². The highest BCUT2D eigenvalue weighted by molar-refractivity contribution is 7.98. The smallest absolute Gasteiger partial charge is 0.00205 e. The van der Waals surface area contributed by atoms with E-state index in [-0.39, 0.29) is 0 Å². The van der Waals surface area contributed by atoms with Crippen molar-refractivity contribution in [2.45, 2.75) is 44.9 Å². The molecule has 0 bridgehead atoms. The second-order valence-electron chi connectivity index (χ2n) is 4.41. The first-order chi connectivity index (χ1) is 6.93. The molecule has 1 fully saturated rings. The van der Waals surface area contributed by atoms with Crippen molar-refractivity contribution in [1.29, 1.82) is 0 Å². The fourth-order valence-corrected chi connectivity index (χ4v) is 2.69. The summed E-state index contributed by atoms with van der Waals surface area (Å²) < 4.78 is 0. The maximum Gasteiger partial charge on any atom is -0.00205 e. The zero-order valence-electron chi connectivity index (χ0n) is 9.56. The largest absolute Gasteiger partial charge is 0.316 e. The molecule has 1 aliphatic rings. The summed E-state index contributed by atoms with van der Waals surface area (Å²) >= 11 is 1.96. The Morgan fingerprint density at radius 2 is 1.93 bits per heavy atom. The highest BCUT2D eigenvalue weighted by Crippen LogP contribution is 2.22. The van der Waals surface area contributed by atoms with E-state index in [1.54, 1.807) is 0 Å². The Morgan fingerprint density at radius 1 is 1.14 bits per heavy atom. The first-order valence-corrected chi connectivity index (χ1v) is 7.52.